The Morgan fingerprint density at radius 2 is 1.81 bits per heavy atom. The average Bonchev–Trinajstić information content (AvgIpc) is 3.26. The fraction of sp³-hybridized carbons (Fsp3) is 0.115. The number of H-pyrrole nitrogens is 1. The van der Waals surface area contributed by atoms with E-state index < -0.39 is 11.6 Å². The van der Waals surface area contributed by atoms with Crippen LogP contribution < -0.4 is 0 Å². The molecule has 0 fully saturated rings. The van der Waals surface area contributed by atoms with Crippen LogP contribution in [0.4, 0.5) is 8.78 Å². The maximum atomic E-state index is 14.8. The highest BCUT2D eigenvalue weighted by molar-refractivity contribution is 6.00. The number of aliphatic hydroxyl groups is 1. The van der Waals surface area contributed by atoms with Gasteiger partial charge in [-0.05, 0) is 52.5 Å². The Bertz CT molecular complexity index is 1270. The monoisotopic (exact) mass is 416 g/mol. The second-order valence-electron chi connectivity index (χ2n) is 7.19. The lowest BCUT2D eigenvalue weighted by molar-refractivity contribution is 0.343. The van der Waals surface area contributed by atoms with Crippen LogP contribution in [0.5, 0.6) is 0 Å². The number of allylic oxidation sites excluding steroid dienone is 1. The largest absolute Gasteiger partial charge is 0.392 e. The van der Waals surface area contributed by atoms with Crippen LogP contribution in [0.15, 0.2) is 72.9 Å². The van der Waals surface area contributed by atoms with E-state index in [2.05, 4.69) is 10.2 Å². The van der Waals surface area contributed by atoms with E-state index in [-0.39, 0.29) is 12.2 Å². The normalized spacial score (nSPS) is 12.5. The number of fused-ring (bicyclic) bond motifs is 1. The predicted octanol–water partition coefficient (Wildman–Crippen LogP) is 6.22. The van der Waals surface area contributed by atoms with Crippen LogP contribution in [-0.2, 0) is 0 Å². The quantitative estimate of drug-likeness (QED) is 0.367. The number of aliphatic hydroxyl groups excluding tert-OH is 1. The van der Waals surface area contributed by atoms with Gasteiger partial charge in [-0.1, -0.05) is 61.5 Å². The van der Waals surface area contributed by atoms with Gasteiger partial charge in [0.05, 0.1) is 18.3 Å². The van der Waals surface area contributed by atoms with Crippen LogP contribution in [0.2, 0.25) is 0 Å². The summed E-state index contributed by atoms with van der Waals surface area (Å²) in [6.45, 7) is 1.91. The highest BCUT2D eigenvalue weighted by Gasteiger charge is 2.18. The Morgan fingerprint density at radius 1 is 1.03 bits per heavy atom. The Morgan fingerprint density at radius 3 is 2.55 bits per heavy atom. The molecule has 1 aromatic heterocycles. The Kier molecular flexibility index (Phi) is 6.05. The van der Waals surface area contributed by atoms with Gasteiger partial charge in [0.25, 0.3) is 0 Å². The first-order valence-electron chi connectivity index (χ1n) is 10.1. The van der Waals surface area contributed by atoms with Gasteiger partial charge in [-0.2, -0.15) is 5.10 Å². The molecule has 31 heavy (non-hydrogen) atoms. The summed E-state index contributed by atoms with van der Waals surface area (Å²) in [4.78, 5) is 0. The number of benzene rings is 3. The zero-order chi connectivity index (χ0) is 21.8. The minimum Gasteiger partial charge on any atom is -0.392 e. The zero-order valence-electron chi connectivity index (χ0n) is 17.1. The van der Waals surface area contributed by atoms with E-state index in [0.29, 0.717) is 6.42 Å². The maximum absolute atomic E-state index is 14.8. The molecule has 0 saturated carbocycles. The summed E-state index contributed by atoms with van der Waals surface area (Å²) in [7, 11) is 0. The molecule has 0 aliphatic carbocycles. The molecule has 0 unspecified atom stereocenters. The first kappa shape index (κ1) is 20.7. The van der Waals surface area contributed by atoms with Crippen LogP contribution in [0.1, 0.15) is 35.6 Å². The lowest BCUT2D eigenvalue weighted by Crippen LogP contribution is -1.99. The Hall–Kier alpha value is -3.57. The molecule has 3 nitrogen and oxygen atoms in total. The van der Waals surface area contributed by atoms with Crippen molar-refractivity contribution in [2.45, 2.75) is 13.3 Å². The van der Waals surface area contributed by atoms with Crippen molar-refractivity contribution < 1.29 is 13.9 Å². The number of aromatic amines is 1. The summed E-state index contributed by atoms with van der Waals surface area (Å²) in [6, 6.07) is 18.0. The van der Waals surface area contributed by atoms with Crippen LogP contribution in [0.25, 0.3) is 28.1 Å². The van der Waals surface area contributed by atoms with Crippen molar-refractivity contribution in [3.63, 3.8) is 0 Å². The molecule has 0 aliphatic rings. The standard InChI is InChI=1S/C26H22F2N2O/c1-2-21(22-6-3-7-23(27)26(22)28)25(18-10-8-17(9-11-18)5-4-14-31)19-12-13-24-20(15-19)16-29-30-24/h3-13,15-16,31H,2,14H2,1H3,(H,29,30)/b5-4+,25-21+. The highest BCUT2D eigenvalue weighted by atomic mass is 19.2. The smallest absolute Gasteiger partial charge is 0.166 e. The molecule has 156 valence electrons. The van der Waals surface area contributed by atoms with E-state index in [4.69, 9.17) is 5.11 Å². The lowest BCUT2D eigenvalue weighted by atomic mass is 9.87. The van der Waals surface area contributed by atoms with Crippen molar-refractivity contribution in [3.8, 4) is 0 Å². The summed E-state index contributed by atoms with van der Waals surface area (Å²) in [5, 5.41) is 17.0. The van der Waals surface area contributed by atoms with Gasteiger partial charge in [0, 0.05) is 10.9 Å². The molecular formula is C26H22F2N2O. The van der Waals surface area contributed by atoms with E-state index in [1.807, 2.05) is 55.5 Å². The maximum Gasteiger partial charge on any atom is 0.166 e. The number of aromatic nitrogens is 2. The third-order valence-corrected chi connectivity index (χ3v) is 5.28. The summed E-state index contributed by atoms with van der Waals surface area (Å²) in [6.07, 6.45) is 5.76. The predicted molar refractivity (Wildman–Crippen MR) is 121 cm³/mol. The van der Waals surface area contributed by atoms with Gasteiger partial charge in [0.1, 0.15) is 0 Å². The van der Waals surface area contributed by atoms with Gasteiger partial charge >= 0.3 is 0 Å². The summed E-state index contributed by atoms with van der Waals surface area (Å²) in [5.41, 5.74) is 5.46. The van der Waals surface area contributed by atoms with Crippen LogP contribution >= 0.6 is 0 Å². The fourth-order valence-electron chi connectivity index (χ4n) is 3.80. The molecule has 4 aromatic rings. The average molecular weight is 416 g/mol. The van der Waals surface area contributed by atoms with Crippen LogP contribution in [-0.4, -0.2) is 21.9 Å². The van der Waals surface area contributed by atoms with Crippen molar-refractivity contribution in [2.75, 3.05) is 6.61 Å². The van der Waals surface area contributed by atoms with Crippen LogP contribution in [0, 0.1) is 11.6 Å². The van der Waals surface area contributed by atoms with Gasteiger partial charge < -0.3 is 5.11 Å². The first-order valence-corrected chi connectivity index (χ1v) is 10.1. The van der Waals surface area contributed by atoms with E-state index >= 15 is 0 Å². The molecule has 0 amide bonds. The molecule has 4 rings (SSSR count). The van der Waals surface area contributed by atoms with Gasteiger partial charge in [-0.25, -0.2) is 8.78 Å². The van der Waals surface area contributed by atoms with Gasteiger partial charge in [0.2, 0.25) is 0 Å². The van der Waals surface area contributed by atoms with Crippen molar-refractivity contribution in [1.29, 1.82) is 0 Å². The summed E-state index contributed by atoms with van der Waals surface area (Å²) < 4.78 is 28.8. The van der Waals surface area contributed by atoms with Crippen molar-refractivity contribution >= 4 is 28.1 Å². The molecule has 0 aliphatic heterocycles. The SMILES string of the molecule is CC/C(=C(/c1ccc(/C=C/CO)cc1)c1ccc2[nH]ncc2c1)c1cccc(F)c1F. The second kappa shape index (κ2) is 9.06. The zero-order valence-corrected chi connectivity index (χ0v) is 17.1. The lowest BCUT2D eigenvalue weighted by Gasteiger charge is -2.17. The van der Waals surface area contributed by atoms with Crippen LogP contribution in [0.3, 0.4) is 0 Å². The molecule has 0 atom stereocenters. The number of hydrogen-bond acceptors (Lipinski definition) is 2. The molecule has 1 heterocycles. The highest BCUT2D eigenvalue weighted by Crippen LogP contribution is 2.36. The number of rotatable bonds is 6. The number of hydrogen-bond donors (Lipinski definition) is 2. The third-order valence-electron chi connectivity index (χ3n) is 5.28. The van der Waals surface area contributed by atoms with E-state index in [9.17, 15) is 8.78 Å². The Labute approximate surface area is 179 Å². The molecule has 0 radical (unpaired) electrons. The van der Waals surface area contributed by atoms with E-state index in [1.165, 1.54) is 6.07 Å². The first-order chi connectivity index (χ1) is 15.1. The molecule has 0 saturated heterocycles. The minimum absolute atomic E-state index is 0.0313. The number of halogens is 2. The minimum atomic E-state index is -0.863. The van der Waals surface area contributed by atoms with Gasteiger partial charge in [-0.3, -0.25) is 5.10 Å². The fourth-order valence-corrected chi connectivity index (χ4v) is 3.80. The molecule has 0 spiro atoms. The van der Waals surface area contributed by atoms with Crippen molar-refractivity contribution in [1.82, 2.24) is 10.2 Å². The van der Waals surface area contributed by atoms with E-state index in [1.54, 1.807) is 18.3 Å². The molecule has 3 aromatic carbocycles. The van der Waals surface area contributed by atoms with E-state index in [0.717, 1.165) is 44.8 Å². The molecule has 0 bridgehead atoms. The summed E-state index contributed by atoms with van der Waals surface area (Å²) in [5.74, 6) is -1.71. The van der Waals surface area contributed by atoms with Crippen molar-refractivity contribution in [2.24, 2.45) is 0 Å². The molecule has 5 heteroatoms. The number of nitrogens with zero attached hydrogens (tertiary/aromatic N) is 1. The summed E-state index contributed by atoms with van der Waals surface area (Å²) >= 11 is 0. The van der Waals surface area contributed by atoms with Crippen molar-refractivity contribution in [3.05, 3.63) is 107 Å². The molecular weight excluding hydrogens is 394 g/mol. The van der Waals surface area contributed by atoms with Gasteiger partial charge in [-0.15, -0.1) is 0 Å². The molecule has 2 N–H and O–H groups in total. The second-order valence-corrected chi connectivity index (χ2v) is 7.19. The van der Waals surface area contributed by atoms with Gasteiger partial charge in [0.15, 0.2) is 11.6 Å². The Balaban J connectivity index is 1.96. The number of nitrogens with one attached hydrogen (secondary N) is 1. The third kappa shape index (κ3) is 4.18. The topological polar surface area (TPSA) is 48.9 Å².